The van der Waals surface area contributed by atoms with Crippen LogP contribution in [-0.4, -0.2) is 18.3 Å². The lowest BCUT2D eigenvalue weighted by atomic mass is 10.2. The lowest BCUT2D eigenvalue weighted by Crippen LogP contribution is -2.12. The van der Waals surface area contributed by atoms with E-state index in [-0.39, 0.29) is 22.2 Å². The molecule has 0 saturated carbocycles. The number of sulfonamides is 1. The zero-order valence-corrected chi connectivity index (χ0v) is 15.0. The van der Waals surface area contributed by atoms with Crippen LogP contribution in [0.5, 0.6) is 11.6 Å². The minimum atomic E-state index is -3.71. The van der Waals surface area contributed by atoms with Crippen LogP contribution in [0.1, 0.15) is 5.56 Å². The minimum Gasteiger partial charge on any atom is -0.434 e. The first kappa shape index (κ1) is 18.3. The highest BCUT2D eigenvalue weighted by atomic mass is 32.2. The van der Waals surface area contributed by atoms with Crippen molar-refractivity contribution < 1.29 is 18.1 Å². The van der Waals surface area contributed by atoms with Gasteiger partial charge in [-0.2, -0.15) is 0 Å². The Bertz CT molecular complexity index is 1060. The van der Waals surface area contributed by atoms with Gasteiger partial charge in [0.2, 0.25) is 0 Å². The van der Waals surface area contributed by atoms with Crippen molar-refractivity contribution in [3.63, 3.8) is 0 Å². The fourth-order valence-corrected chi connectivity index (χ4v) is 3.29. The summed E-state index contributed by atoms with van der Waals surface area (Å²) in [6.45, 7) is 1.87. The van der Waals surface area contributed by atoms with Gasteiger partial charge in [0.15, 0.2) is 0 Å². The molecule has 1 heterocycles. The van der Waals surface area contributed by atoms with Crippen LogP contribution in [0.2, 0.25) is 0 Å². The number of benzene rings is 2. The van der Waals surface area contributed by atoms with Gasteiger partial charge in [0.05, 0.1) is 9.82 Å². The van der Waals surface area contributed by atoms with Crippen LogP contribution in [-0.2, 0) is 10.0 Å². The fourth-order valence-electron chi connectivity index (χ4n) is 2.23. The lowest BCUT2D eigenvalue weighted by Gasteiger charge is -2.09. The van der Waals surface area contributed by atoms with E-state index in [0.717, 1.165) is 5.56 Å². The number of anilines is 1. The first-order chi connectivity index (χ1) is 12.8. The Labute approximate surface area is 155 Å². The smallest absolute Gasteiger partial charge is 0.331 e. The summed E-state index contributed by atoms with van der Waals surface area (Å²) in [6.07, 6.45) is 1.38. The molecule has 3 aromatic rings. The molecule has 138 valence electrons. The number of hydrogen-bond acceptors (Lipinski definition) is 6. The van der Waals surface area contributed by atoms with Crippen LogP contribution in [0.15, 0.2) is 71.8 Å². The molecule has 0 amide bonds. The number of nitrogens with zero attached hydrogens (tertiary/aromatic N) is 2. The summed E-state index contributed by atoms with van der Waals surface area (Å²) in [6, 6.07) is 15.2. The largest absolute Gasteiger partial charge is 0.434 e. The molecule has 9 heteroatoms. The van der Waals surface area contributed by atoms with E-state index in [4.69, 9.17) is 4.74 Å². The number of ether oxygens (including phenoxy) is 1. The number of pyridine rings is 1. The Hall–Kier alpha value is -3.46. The predicted molar refractivity (Wildman–Crippen MR) is 99.4 cm³/mol. The minimum absolute atomic E-state index is 0.143. The molecule has 0 unspecified atom stereocenters. The second kappa shape index (κ2) is 7.42. The highest BCUT2D eigenvalue weighted by Crippen LogP contribution is 2.29. The molecule has 2 aromatic carbocycles. The summed E-state index contributed by atoms with van der Waals surface area (Å²) in [7, 11) is -3.71. The van der Waals surface area contributed by atoms with Gasteiger partial charge in [0.25, 0.3) is 15.9 Å². The molecule has 0 spiro atoms. The Morgan fingerprint density at radius 3 is 2.33 bits per heavy atom. The molecule has 0 radical (unpaired) electrons. The first-order valence-electron chi connectivity index (χ1n) is 7.82. The molecule has 0 bridgehead atoms. The number of aromatic nitrogens is 1. The summed E-state index contributed by atoms with van der Waals surface area (Å²) in [5.74, 6) is 0.144. The second-order valence-corrected chi connectivity index (χ2v) is 7.31. The van der Waals surface area contributed by atoms with Crippen molar-refractivity contribution in [3.8, 4) is 11.6 Å². The third-order valence-corrected chi connectivity index (χ3v) is 5.00. The average molecular weight is 385 g/mol. The van der Waals surface area contributed by atoms with Crippen LogP contribution in [0.3, 0.4) is 0 Å². The van der Waals surface area contributed by atoms with Crippen molar-refractivity contribution in [1.82, 2.24) is 4.98 Å². The van der Waals surface area contributed by atoms with Gasteiger partial charge in [-0.25, -0.2) is 13.4 Å². The molecule has 0 fully saturated rings. The van der Waals surface area contributed by atoms with Crippen molar-refractivity contribution in [1.29, 1.82) is 0 Å². The van der Waals surface area contributed by atoms with E-state index in [1.165, 1.54) is 54.7 Å². The van der Waals surface area contributed by atoms with Crippen molar-refractivity contribution in [3.05, 3.63) is 82.5 Å². The Balaban J connectivity index is 1.76. The van der Waals surface area contributed by atoms with Gasteiger partial charge in [0.1, 0.15) is 5.75 Å². The van der Waals surface area contributed by atoms with Gasteiger partial charge in [-0.15, -0.1) is 0 Å². The zero-order valence-electron chi connectivity index (χ0n) is 14.2. The van der Waals surface area contributed by atoms with Gasteiger partial charge in [0, 0.05) is 18.0 Å². The predicted octanol–water partition coefficient (Wildman–Crippen LogP) is 3.89. The van der Waals surface area contributed by atoms with Gasteiger partial charge in [-0.3, -0.25) is 14.8 Å². The summed E-state index contributed by atoms with van der Waals surface area (Å²) in [5.41, 5.74) is 1.03. The molecule has 0 aliphatic heterocycles. The van der Waals surface area contributed by atoms with Gasteiger partial charge < -0.3 is 4.74 Å². The van der Waals surface area contributed by atoms with E-state index < -0.39 is 14.9 Å². The van der Waals surface area contributed by atoms with E-state index in [9.17, 15) is 18.5 Å². The number of nitrogens with one attached hydrogen (secondary N) is 1. The molecule has 3 rings (SSSR count). The van der Waals surface area contributed by atoms with Crippen molar-refractivity contribution >= 4 is 21.4 Å². The van der Waals surface area contributed by atoms with Crippen molar-refractivity contribution in [2.24, 2.45) is 0 Å². The second-order valence-electron chi connectivity index (χ2n) is 5.63. The van der Waals surface area contributed by atoms with Crippen molar-refractivity contribution in [2.75, 3.05) is 4.72 Å². The van der Waals surface area contributed by atoms with Gasteiger partial charge in [-0.1, -0.05) is 17.7 Å². The summed E-state index contributed by atoms with van der Waals surface area (Å²) in [4.78, 5) is 14.4. The van der Waals surface area contributed by atoms with E-state index in [1.807, 2.05) is 6.92 Å². The lowest BCUT2D eigenvalue weighted by molar-refractivity contribution is -0.386. The normalized spacial score (nSPS) is 11.0. The number of nitro groups is 1. The Kier molecular flexibility index (Phi) is 5.04. The summed E-state index contributed by atoms with van der Waals surface area (Å²) < 4.78 is 32.7. The standard InChI is InChI=1S/C18H15N3O5S/c1-13-4-10-16(11-5-13)27(24,25)20-14-6-8-15(9-7-14)26-18-17(21(22)23)3-2-12-19-18/h2-12,20H,1H3. The van der Waals surface area contributed by atoms with E-state index in [0.29, 0.717) is 5.69 Å². The van der Waals surface area contributed by atoms with Crippen LogP contribution >= 0.6 is 0 Å². The fraction of sp³-hybridized carbons (Fsp3) is 0.0556. The molecule has 27 heavy (non-hydrogen) atoms. The van der Waals surface area contributed by atoms with E-state index >= 15 is 0 Å². The van der Waals surface area contributed by atoms with E-state index in [2.05, 4.69) is 9.71 Å². The maximum Gasteiger partial charge on any atom is 0.331 e. The number of aryl methyl sites for hydroxylation is 1. The zero-order chi connectivity index (χ0) is 19.4. The first-order valence-corrected chi connectivity index (χ1v) is 9.30. The molecule has 0 aliphatic carbocycles. The molecule has 0 atom stereocenters. The molecule has 0 aliphatic rings. The number of rotatable bonds is 6. The molecule has 0 saturated heterocycles. The molecular weight excluding hydrogens is 370 g/mol. The van der Waals surface area contributed by atoms with Gasteiger partial charge in [-0.05, 0) is 49.4 Å². The molecule has 8 nitrogen and oxygen atoms in total. The quantitative estimate of drug-likeness (QED) is 0.509. The molecule has 1 aromatic heterocycles. The van der Waals surface area contributed by atoms with Crippen LogP contribution < -0.4 is 9.46 Å². The number of hydrogen-bond donors (Lipinski definition) is 1. The highest BCUT2D eigenvalue weighted by molar-refractivity contribution is 7.92. The topological polar surface area (TPSA) is 111 Å². The van der Waals surface area contributed by atoms with Crippen LogP contribution in [0.25, 0.3) is 0 Å². The Morgan fingerprint density at radius 1 is 1.04 bits per heavy atom. The third-order valence-electron chi connectivity index (χ3n) is 3.60. The van der Waals surface area contributed by atoms with Crippen LogP contribution in [0, 0.1) is 17.0 Å². The molecule has 1 N–H and O–H groups in total. The highest BCUT2D eigenvalue weighted by Gasteiger charge is 2.17. The Morgan fingerprint density at radius 2 is 1.70 bits per heavy atom. The monoisotopic (exact) mass is 385 g/mol. The summed E-state index contributed by atoms with van der Waals surface area (Å²) >= 11 is 0. The molecular formula is C18H15N3O5S. The third kappa shape index (κ3) is 4.39. The maximum absolute atomic E-state index is 12.4. The maximum atomic E-state index is 12.4. The van der Waals surface area contributed by atoms with Crippen LogP contribution in [0.4, 0.5) is 11.4 Å². The SMILES string of the molecule is Cc1ccc(S(=O)(=O)Nc2ccc(Oc3ncccc3[N+](=O)[O-])cc2)cc1. The average Bonchev–Trinajstić information content (AvgIpc) is 2.64. The van der Waals surface area contributed by atoms with Crippen molar-refractivity contribution in [2.45, 2.75) is 11.8 Å². The van der Waals surface area contributed by atoms with E-state index in [1.54, 1.807) is 12.1 Å². The summed E-state index contributed by atoms with van der Waals surface area (Å²) in [5, 5.41) is 11.0. The van der Waals surface area contributed by atoms with Gasteiger partial charge >= 0.3 is 5.69 Å².